The zero-order valence-electron chi connectivity index (χ0n) is 9.41. The van der Waals surface area contributed by atoms with Crippen molar-refractivity contribution < 1.29 is 22.8 Å². The van der Waals surface area contributed by atoms with Crippen molar-refractivity contribution in [2.24, 2.45) is 5.10 Å². The molecular formula is C11H8F3N3O2. The van der Waals surface area contributed by atoms with E-state index in [0.717, 1.165) is 12.1 Å². The first-order valence-electron chi connectivity index (χ1n) is 5.21. The molecule has 0 fully saturated rings. The molecule has 0 saturated heterocycles. The van der Waals surface area contributed by atoms with Crippen molar-refractivity contribution >= 4 is 23.2 Å². The highest BCUT2D eigenvalue weighted by atomic mass is 19.4. The van der Waals surface area contributed by atoms with Crippen LogP contribution >= 0.6 is 0 Å². The molecule has 19 heavy (non-hydrogen) atoms. The number of halogens is 3. The van der Waals surface area contributed by atoms with Crippen molar-refractivity contribution in [1.82, 2.24) is 5.43 Å². The first-order chi connectivity index (χ1) is 8.88. The van der Waals surface area contributed by atoms with Gasteiger partial charge in [-0.2, -0.15) is 18.3 Å². The van der Waals surface area contributed by atoms with Gasteiger partial charge in [0.15, 0.2) is 0 Å². The van der Waals surface area contributed by atoms with Gasteiger partial charge in [-0.25, -0.2) is 5.43 Å². The van der Waals surface area contributed by atoms with E-state index in [1.54, 1.807) is 0 Å². The number of amides is 2. The molecule has 5 nitrogen and oxygen atoms in total. The normalized spacial score (nSPS) is 14.9. The van der Waals surface area contributed by atoms with Gasteiger partial charge in [-0.3, -0.25) is 9.59 Å². The molecule has 0 aromatic heterocycles. The first-order valence-corrected chi connectivity index (χ1v) is 5.21. The van der Waals surface area contributed by atoms with Crippen LogP contribution in [0, 0.1) is 0 Å². The van der Waals surface area contributed by atoms with E-state index in [2.05, 4.69) is 10.4 Å². The lowest BCUT2D eigenvalue weighted by Gasteiger charge is -2.13. The largest absolute Gasteiger partial charge is 0.418 e. The third-order valence-corrected chi connectivity index (χ3v) is 2.39. The van der Waals surface area contributed by atoms with Crippen LogP contribution in [0.3, 0.4) is 0 Å². The van der Waals surface area contributed by atoms with Gasteiger partial charge in [0.1, 0.15) is 5.71 Å². The van der Waals surface area contributed by atoms with Gasteiger partial charge in [-0.15, -0.1) is 0 Å². The molecule has 0 spiro atoms. The number of para-hydroxylation sites is 1. The Labute approximate surface area is 105 Å². The summed E-state index contributed by atoms with van der Waals surface area (Å²) in [4.78, 5) is 22.5. The van der Waals surface area contributed by atoms with E-state index in [-0.39, 0.29) is 17.8 Å². The van der Waals surface area contributed by atoms with Gasteiger partial charge in [-0.05, 0) is 12.1 Å². The van der Waals surface area contributed by atoms with Crippen molar-refractivity contribution in [3.8, 4) is 0 Å². The summed E-state index contributed by atoms with van der Waals surface area (Å²) in [7, 11) is 0. The fraction of sp³-hybridized carbons (Fsp3) is 0.182. The number of anilines is 1. The van der Waals surface area contributed by atoms with Gasteiger partial charge in [0, 0.05) is 0 Å². The van der Waals surface area contributed by atoms with E-state index in [1.807, 2.05) is 5.43 Å². The van der Waals surface area contributed by atoms with Gasteiger partial charge < -0.3 is 5.32 Å². The standard InChI is InChI=1S/C11H8F3N3O2/c12-11(13,14)6-3-1-2-4-7(6)15-10(19)8-5-9(18)17-16-8/h1-4H,5H2,(H,15,19)(H,17,18). The van der Waals surface area contributed by atoms with E-state index < -0.39 is 23.6 Å². The average Bonchev–Trinajstić information content (AvgIpc) is 2.75. The van der Waals surface area contributed by atoms with Crippen LogP contribution in [0.4, 0.5) is 18.9 Å². The Morgan fingerprint density at radius 1 is 1.32 bits per heavy atom. The Bertz CT molecular complexity index is 567. The highest BCUT2D eigenvalue weighted by Crippen LogP contribution is 2.34. The Morgan fingerprint density at radius 3 is 2.58 bits per heavy atom. The van der Waals surface area contributed by atoms with Crippen molar-refractivity contribution in [2.45, 2.75) is 12.6 Å². The first kappa shape index (κ1) is 13.1. The maximum Gasteiger partial charge on any atom is 0.418 e. The number of carbonyl (C=O) groups is 2. The smallest absolute Gasteiger partial charge is 0.320 e. The molecule has 1 heterocycles. The number of hydrogen-bond acceptors (Lipinski definition) is 3. The molecular weight excluding hydrogens is 263 g/mol. The molecule has 0 aliphatic carbocycles. The fourth-order valence-corrected chi connectivity index (χ4v) is 1.53. The average molecular weight is 271 g/mol. The van der Waals surface area contributed by atoms with Gasteiger partial charge in [0.25, 0.3) is 5.91 Å². The monoisotopic (exact) mass is 271 g/mol. The summed E-state index contributed by atoms with van der Waals surface area (Å²) in [6.45, 7) is 0. The predicted molar refractivity (Wildman–Crippen MR) is 60.3 cm³/mol. The van der Waals surface area contributed by atoms with Crippen molar-refractivity contribution in [2.75, 3.05) is 5.32 Å². The van der Waals surface area contributed by atoms with Crippen LogP contribution < -0.4 is 10.7 Å². The third kappa shape index (κ3) is 2.90. The summed E-state index contributed by atoms with van der Waals surface area (Å²) < 4.78 is 38.1. The minimum atomic E-state index is -4.57. The van der Waals surface area contributed by atoms with Crippen LogP contribution in [0.15, 0.2) is 29.4 Å². The molecule has 100 valence electrons. The summed E-state index contributed by atoms with van der Waals surface area (Å²) in [5.41, 5.74) is 0.566. The molecule has 0 bridgehead atoms. The molecule has 0 unspecified atom stereocenters. The van der Waals surface area contributed by atoms with Crippen LogP contribution in [-0.4, -0.2) is 17.5 Å². The zero-order chi connectivity index (χ0) is 14.0. The maximum atomic E-state index is 12.7. The van der Waals surface area contributed by atoms with Gasteiger partial charge in [-0.1, -0.05) is 12.1 Å². The van der Waals surface area contributed by atoms with Crippen LogP contribution in [0.5, 0.6) is 0 Å². The fourth-order valence-electron chi connectivity index (χ4n) is 1.53. The molecule has 2 rings (SSSR count). The van der Waals surface area contributed by atoms with E-state index in [0.29, 0.717) is 0 Å². The summed E-state index contributed by atoms with van der Waals surface area (Å²) >= 11 is 0. The number of hydrazone groups is 1. The van der Waals surface area contributed by atoms with Crippen LogP contribution in [0.2, 0.25) is 0 Å². The van der Waals surface area contributed by atoms with Gasteiger partial charge in [0.05, 0.1) is 17.7 Å². The number of alkyl halides is 3. The van der Waals surface area contributed by atoms with Crippen LogP contribution in [0.1, 0.15) is 12.0 Å². The van der Waals surface area contributed by atoms with Crippen LogP contribution in [0.25, 0.3) is 0 Å². The minimum absolute atomic E-state index is 0.151. The molecule has 0 saturated carbocycles. The second kappa shape index (κ2) is 4.71. The second-order valence-corrected chi connectivity index (χ2v) is 3.77. The Balaban J connectivity index is 2.20. The number of carbonyl (C=O) groups excluding carboxylic acids is 2. The van der Waals surface area contributed by atoms with E-state index >= 15 is 0 Å². The predicted octanol–water partition coefficient (Wildman–Crippen LogP) is 1.52. The maximum absolute atomic E-state index is 12.7. The van der Waals surface area contributed by atoms with E-state index in [4.69, 9.17) is 0 Å². The summed E-state index contributed by atoms with van der Waals surface area (Å²) in [5.74, 6) is -1.32. The van der Waals surface area contributed by atoms with Crippen molar-refractivity contribution in [1.29, 1.82) is 0 Å². The van der Waals surface area contributed by atoms with Gasteiger partial charge >= 0.3 is 6.18 Å². The number of nitrogens with zero attached hydrogens (tertiary/aromatic N) is 1. The van der Waals surface area contributed by atoms with E-state index in [9.17, 15) is 22.8 Å². The Kier molecular flexibility index (Phi) is 3.24. The SMILES string of the molecule is O=C1CC(C(=O)Nc2ccccc2C(F)(F)F)=NN1. The molecule has 2 amide bonds. The van der Waals surface area contributed by atoms with Crippen LogP contribution in [-0.2, 0) is 15.8 Å². The highest BCUT2D eigenvalue weighted by molar-refractivity contribution is 6.46. The molecule has 1 aromatic carbocycles. The molecule has 0 radical (unpaired) electrons. The van der Waals surface area contributed by atoms with E-state index in [1.165, 1.54) is 12.1 Å². The third-order valence-electron chi connectivity index (χ3n) is 2.39. The topological polar surface area (TPSA) is 70.6 Å². The Hall–Kier alpha value is -2.38. The summed E-state index contributed by atoms with van der Waals surface area (Å²) in [5, 5.41) is 5.53. The number of benzene rings is 1. The summed E-state index contributed by atoms with van der Waals surface area (Å²) in [6.07, 6.45) is -4.82. The lowest BCUT2D eigenvalue weighted by atomic mass is 10.1. The molecule has 8 heteroatoms. The second-order valence-electron chi connectivity index (χ2n) is 3.77. The molecule has 1 aliphatic rings. The quantitative estimate of drug-likeness (QED) is 0.856. The number of hydrogen-bond donors (Lipinski definition) is 2. The lowest BCUT2D eigenvalue weighted by molar-refractivity contribution is -0.137. The van der Waals surface area contributed by atoms with Crippen molar-refractivity contribution in [3.05, 3.63) is 29.8 Å². The molecule has 1 aliphatic heterocycles. The summed E-state index contributed by atoms with van der Waals surface area (Å²) in [6, 6.07) is 4.57. The Morgan fingerprint density at radius 2 is 2.00 bits per heavy atom. The number of rotatable bonds is 2. The molecule has 2 N–H and O–H groups in total. The zero-order valence-corrected chi connectivity index (χ0v) is 9.41. The minimum Gasteiger partial charge on any atom is -0.320 e. The van der Waals surface area contributed by atoms with Crippen molar-refractivity contribution in [3.63, 3.8) is 0 Å². The van der Waals surface area contributed by atoms with Gasteiger partial charge in [0.2, 0.25) is 5.91 Å². The number of nitrogens with one attached hydrogen (secondary N) is 2. The lowest BCUT2D eigenvalue weighted by Crippen LogP contribution is -2.24. The highest BCUT2D eigenvalue weighted by Gasteiger charge is 2.34. The molecule has 0 atom stereocenters. The molecule has 1 aromatic rings.